The summed E-state index contributed by atoms with van der Waals surface area (Å²) in [6, 6.07) is 7.37. The molecule has 2 aromatic carbocycles. The Labute approximate surface area is 191 Å². The van der Waals surface area contributed by atoms with Crippen LogP contribution < -0.4 is 5.63 Å². The zero-order valence-corrected chi connectivity index (χ0v) is 17.8. The molecule has 1 fully saturated rings. The van der Waals surface area contributed by atoms with E-state index in [4.69, 9.17) is 13.9 Å². The molecular formula is C23H22O11. The number of aliphatic hydroxyl groups is 3. The van der Waals surface area contributed by atoms with E-state index in [1.54, 1.807) is 0 Å². The summed E-state index contributed by atoms with van der Waals surface area (Å²) in [5.41, 5.74) is -0.266. The Morgan fingerprint density at radius 3 is 2.38 bits per heavy atom. The molecule has 0 radical (unpaired) electrons. The number of esters is 1. The third kappa shape index (κ3) is 4.29. The third-order valence-electron chi connectivity index (χ3n) is 5.62. The Morgan fingerprint density at radius 2 is 1.71 bits per heavy atom. The number of aliphatic hydroxyl groups excluding tert-OH is 3. The van der Waals surface area contributed by atoms with E-state index >= 15 is 0 Å². The van der Waals surface area contributed by atoms with Gasteiger partial charge in [0.2, 0.25) is 0 Å². The van der Waals surface area contributed by atoms with E-state index in [-0.39, 0.29) is 33.6 Å². The number of phenolic OH excluding ortho intramolecular Hbond substituents is 3. The summed E-state index contributed by atoms with van der Waals surface area (Å²) in [5, 5.41) is 61.5. The third-order valence-corrected chi connectivity index (χ3v) is 5.62. The lowest BCUT2D eigenvalue weighted by molar-refractivity contribution is -0.234. The minimum Gasteiger partial charge on any atom is -0.508 e. The Balaban J connectivity index is 1.91. The molecule has 1 aliphatic heterocycles. The smallest absolute Gasteiger partial charge is 0.336 e. The summed E-state index contributed by atoms with van der Waals surface area (Å²) >= 11 is 0. The summed E-state index contributed by atoms with van der Waals surface area (Å²) < 4.78 is 15.9. The van der Waals surface area contributed by atoms with Crippen molar-refractivity contribution >= 4 is 16.9 Å². The predicted octanol–water partition coefficient (Wildman–Crippen LogP) is 0.662. The molecule has 2 heterocycles. The van der Waals surface area contributed by atoms with Crippen molar-refractivity contribution in [3.63, 3.8) is 0 Å². The van der Waals surface area contributed by atoms with Gasteiger partial charge in [-0.25, -0.2) is 4.79 Å². The lowest BCUT2D eigenvalue weighted by atomic mass is 9.87. The van der Waals surface area contributed by atoms with Gasteiger partial charge in [-0.2, -0.15) is 0 Å². The monoisotopic (exact) mass is 474 g/mol. The highest BCUT2D eigenvalue weighted by Gasteiger charge is 2.45. The average Bonchev–Trinajstić information content (AvgIpc) is 2.77. The molecule has 1 aromatic heterocycles. The van der Waals surface area contributed by atoms with Crippen molar-refractivity contribution in [2.75, 3.05) is 6.61 Å². The zero-order chi connectivity index (χ0) is 24.7. The van der Waals surface area contributed by atoms with Gasteiger partial charge in [0, 0.05) is 30.0 Å². The first kappa shape index (κ1) is 23.5. The second kappa shape index (κ2) is 8.95. The fourth-order valence-electron chi connectivity index (χ4n) is 4.01. The first-order chi connectivity index (χ1) is 16.1. The van der Waals surface area contributed by atoms with Crippen LogP contribution in [0, 0.1) is 0 Å². The van der Waals surface area contributed by atoms with Crippen molar-refractivity contribution < 1.29 is 49.3 Å². The van der Waals surface area contributed by atoms with Crippen LogP contribution in [-0.4, -0.2) is 67.6 Å². The van der Waals surface area contributed by atoms with Gasteiger partial charge >= 0.3 is 11.6 Å². The van der Waals surface area contributed by atoms with E-state index in [1.807, 2.05) is 0 Å². The normalized spacial score (nSPS) is 24.8. The van der Waals surface area contributed by atoms with E-state index in [0.717, 1.165) is 13.0 Å². The molecule has 11 heteroatoms. The SMILES string of the molecule is CC(=O)OC[C@H]1O[C@@H](c2cc(O)cc3oc(=O)cc(-c4ccc(O)c(O)c4)c23)[C@H](O)[C@@H](O)[C@@H]1O. The summed E-state index contributed by atoms with van der Waals surface area (Å²) in [6.45, 7) is 0.739. The molecule has 6 N–H and O–H groups in total. The molecule has 0 saturated carbocycles. The number of ether oxygens (including phenoxy) is 2. The van der Waals surface area contributed by atoms with Crippen molar-refractivity contribution in [1.82, 2.24) is 0 Å². The molecule has 0 unspecified atom stereocenters. The molecule has 180 valence electrons. The Kier molecular flexibility index (Phi) is 6.19. The second-order valence-electron chi connectivity index (χ2n) is 7.96. The Hall–Kier alpha value is -3.64. The highest BCUT2D eigenvalue weighted by atomic mass is 16.6. The summed E-state index contributed by atoms with van der Waals surface area (Å²) in [6.07, 6.45) is -7.54. The van der Waals surface area contributed by atoms with Crippen LogP contribution in [0.25, 0.3) is 22.1 Å². The lowest BCUT2D eigenvalue weighted by Crippen LogP contribution is -2.55. The quantitative estimate of drug-likeness (QED) is 0.177. The molecule has 4 rings (SSSR count). The van der Waals surface area contributed by atoms with E-state index in [0.29, 0.717) is 5.56 Å². The van der Waals surface area contributed by atoms with Gasteiger partial charge in [0.1, 0.15) is 48.5 Å². The molecule has 1 saturated heterocycles. The fourth-order valence-corrected chi connectivity index (χ4v) is 4.01. The van der Waals surface area contributed by atoms with Crippen LogP contribution in [0.4, 0.5) is 0 Å². The van der Waals surface area contributed by atoms with Crippen LogP contribution in [0.3, 0.4) is 0 Å². The van der Waals surface area contributed by atoms with Crippen LogP contribution in [0.15, 0.2) is 45.6 Å². The first-order valence-corrected chi connectivity index (χ1v) is 10.2. The number of fused-ring (bicyclic) bond motifs is 1. The summed E-state index contributed by atoms with van der Waals surface area (Å²) in [4.78, 5) is 23.4. The second-order valence-corrected chi connectivity index (χ2v) is 7.96. The molecular weight excluding hydrogens is 452 g/mol. The Morgan fingerprint density at radius 1 is 0.971 bits per heavy atom. The number of carbonyl (C=O) groups is 1. The van der Waals surface area contributed by atoms with Crippen molar-refractivity contribution in [1.29, 1.82) is 0 Å². The predicted molar refractivity (Wildman–Crippen MR) is 115 cm³/mol. The van der Waals surface area contributed by atoms with Gasteiger partial charge in [-0.1, -0.05) is 6.07 Å². The van der Waals surface area contributed by atoms with Gasteiger partial charge in [0.25, 0.3) is 0 Å². The van der Waals surface area contributed by atoms with E-state index in [9.17, 15) is 40.2 Å². The standard InChI is InChI=1S/C23H22O11/c1-9(24)32-8-17-20(29)21(30)22(31)23(34-17)13-5-11(25)6-16-19(13)12(7-18(28)33-16)10-2-3-14(26)15(27)4-10/h2-7,17,20-23,25-27,29-31H,8H2,1H3/t17-,20-,21+,22-,23+/m1/s1. The number of phenols is 3. The molecule has 1 aliphatic rings. The number of benzene rings is 2. The molecule has 11 nitrogen and oxygen atoms in total. The van der Waals surface area contributed by atoms with Crippen molar-refractivity contribution in [2.45, 2.75) is 37.4 Å². The van der Waals surface area contributed by atoms with Gasteiger partial charge in [-0.15, -0.1) is 0 Å². The maximum atomic E-state index is 12.2. The molecule has 0 bridgehead atoms. The minimum atomic E-state index is -1.70. The molecule has 0 aliphatic carbocycles. The van der Waals surface area contributed by atoms with Crippen LogP contribution >= 0.6 is 0 Å². The van der Waals surface area contributed by atoms with E-state index in [1.165, 1.54) is 30.3 Å². The number of aromatic hydroxyl groups is 3. The fraction of sp³-hybridized carbons (Fsp3) is 0.304. The average molecular weight is 474 g/mol. The topological polar surface area (TPSA) is 187 Å². The molecule has 5 atom stereocenters. The van der Waals surface area contributed by atoms with Crippen LogP contribution in [-0.2, 0) is 14.3 Å². The summed E-state index contributed by atoms with van der Waals surface area (Å²) in [7, 11) is 0. The number of rotatable bonds is 4. The highest BCUT2D eigenvalue weighted by Crippen LogP contribution is 2.42. The maximum absolute atomic E-state index is 12.2. The van der Waals surface area contributed by atoms with Crippen LogP contribution in [0.5, 0.6) is 17.2 Å². The van der Waals surface area contributed by atoms with Gasteiger partial charge in [0.05, 0.1) is 0 Å². The number of carbonyl (C=O) groups excluding carboxylic acids is 1. The van der Waals surface area contributed by atoms with E-state index < -0.39 is 54.5 Å². The van der Waals surface area contributed by atoms with E-state index in [2.05, 4.69) is 0 Å². The molecule has 34 heavy (non-hydrogen) atoms. The van der Waals surface area contributed by atoms with Crippen molar-refractivity contribution in [2.24, 2.45) is 0 Å². The Bertz CT molecular complexity index is 1300. The lowest BCUT2D eigenvalue weighted by Gasteiger charge is -2.41. The molecule has 0 amide bonds. The minimum absolute atomic E-state index is 0.0852. The summed E-state index contributed by atoms with van der Waals surface area (Å²) in [5.74, 6) is -1.82. The first-order valence-electron chi connectivity index (χ1n) is 10.2. The van der Waals surface area contributed by atoms with Crippen LogP contribution in [0.2, 0.25) is 0 Å². The van der Waals surface area contributed by atoms with Crippen molar-refractivity contribution in [3.8, 4) is 28.4 Å². The largest absolute Gasteiger partial charge is 0.508 e. The van der Waals surface area contributed by atoms with Gasteiger partial charge < -0.3 is 44.5 Å². The van der Waals surface area contributed by atoms with Gasteiger partial charge in [0.15, 0.2) is 11.5 Å². The maximum Gasteiger partial charge on any atom is 0.336 e. The van der Waals surface area contributed by atoms with Crippen molar-refractivity contribution in [3.05, 3.63) is 52.4 Å². The number of hydrogen-bond acceptors (Lipinski definition) is 11. The number of hydrogen-bond donors (Lipinski definition) is 6. The van der Waals surface area contributed by atoms with Crippen LogP contribution in [0.1, 0.15) is 18.6 Å². The van der Waals surface area contributed by atoms with Gasteiger partial charge in [-0.05, 0) is 29.3 Å². The van der Waals surface area contributed by atoms with Gasteiger partial charge in [-0.3, -0.25) is 4.79 Å². The highest BCUT2D eigenvalue weighted by molar-refractivity contribution is 5.97. The zero-order valence-electron chi connectivity index (χ0n) is 17.8. The molecule has 0 spiro atoms. The molecule has 3 aromatic rings.